The van der Waals surface area contributed by atoms with E-state index in [4.69, 9.17) is 4.74 Å². The molecule has 0 aliphatic carbocycles. The van der Waals surface area contributed by atoms with Crippen molar-refractivity contribution >= 4 is 17.4 Å². The van der Waals surface area contributed by atoms with Crippen LogP contribution < -0.4 is 9.64 Å². The zero-order valence-corrected chi connectivity index (χ0v) is 15.5. The molecule has 1 aromatic heterocycles. The predicted octanol–water partition coefficient (Wildman–Crippen LogP) is 3.61. The van der Waals surface area contributed by atoms with Gasteiger partial charge in [0.1, 0.15) is 11.8 Å². The van der Waals surface area contributed by atoms with Crippen molar-refractivity contribution in [2.75, 3.05) is 11.5 Å². The number of hydrogen-bond acceptors (Lipinski definition) is 5. The first kappa shape index (κ1) is 18.6. The van der Waals surface area contributed by atoms with Gasteiger partial charge in [-0.1, -0.05) is 26.0 Å². The van der Waals surface area contributed by atoms with E-state index in [9.17, 15) is 14.7 Å². The summed E-state index contributed by atoms with van der Waals surface area (Å²) in [6.07, 6.45) is 1.60. The molecule has 1 aliphatic rings. The highest BCUT2D eigenvalue weighted by atomic mass is 16.5. The summed E-state index contributed by atoms with van der Waals surface area (Å²) in [6, 6.07) is 11.5. The molecule has 1 N–H and O–H groups in total. The average molecular weight is 366 g/mol. The molecule has 1 aliphatic heterocycles. The molecule has 0 fully saturated rings. The number of benzene rings is 1. The first-order valence-electron chi connectivity index (χ1n) is 8.90. The Hall–Kier alpha value is -3.15. The Morgan fingerprint density at radius 2 is 2.04 bits per heavy atom. The van der Waals surface area contributed by atoms with Crippen LogP contribution in [-0.2, 0) is 9.59 Å². The first-order valence-corrected chi connectivity index (χ1v) is 8.90. The van der Waals surface area contributed by atoms with Crippen LogP contribution in [0.5, 0.6) is 5.75 Å². The van der Waals surface area contributed by atoms with E-state index in [-0.39, 0.29) is 17.3 Å². The second kappa shape index (κ2) is 7.61. The van der Waals surface area contributed by atoms with Gasteiger partial charge in [-0.2, -0.15) is 0 Å². The molecule has 27 heavy (non-hydrogen) atoms. The molecule has 0 spiro atoms. The number of anilines is 1. The summed E-state index contributed by atoms with van der Waals surface area (Å²) in [5, 5.41) is 10.5. The molecular formula is C21H22N2O4. The fourth-order valence-electron chi connectivity index (χ4n) is 3.14. The van der Waals surface area contributed by atoms with E-state index in [1.54, 1.807) is 62.5 Å². The third kappa shape index (κ3) is 3.43. The Bertz CT molecular complexity index is 890. The molecule has 0 saturated carbocycles. The molecule has 1 atom stereocenters. The molecule has 1 aromatic carbocycles. The molecule has 1 amide bonds. The minimum absolute atomic E-state index is 0.0792. The third-order valence-corrected chi connectivity index (χ3v) is 4.37. The van der Waals surface area contributed by atoms with Gasteiger partial charge in [0.05, 0.1) is 17.9 Å². The van der Waals surface area contributed by atoms with Gasteiger partial charge < -0.3 is 9.84 Å². The first-order chi connectivity index (χ1) is 13.0. The van der Waals surface area contributed by atoms with Gasteiger partial charge in [0, 0.05) is 23.9 Å². The lowest BCUT2D eigenvalue weighted by Gasteiger charge is -2.26. The summed E-state index contributed by atoms with van der Waals surface area (Å²) in [7, 11) is 0. The van der Waals surface area contributed by atoms with Gasteiger partial charge in [-0.15, -0.1) is 0 Å². The highest BCUT2D eigenvalue weighted by Gasteiger charge is 2.45. The minimum atomic E-state index is -0.787. The molecule has 2 heterocycles. The Kier molecular flexibility index (Phi) is 5.26. The van der Waals surface area contributed by atoms with E-state index >= 15 is 0 Å². The van der Waals surface area contributed by atoms with Crippen molar-refractivity contribution in [2.24, 2.45) is 5.92 Å². The van der Waals surface area contributed by atoms with Gasteiger partial charge in [0.15, 0.2) is 11.5 Å². The molecule has 1 unspecified atom stereocenters. The van der Waals surface area contributed by atoms with E-state index < -0.39 is 17.7 Å². The van der Waals surface area contributed by atoms with Crippen LogP contribution in [0.4, 0.5) is 5.69 Å². The van der Waals surface area contributed by atoms with Crippen molar-refractivity contribution in [3.8, 4) is 5.75 Å². The third-order valence-electron chi connectivity index (χ3n) is 4.37. The van der Waals surface area contributed by atoms with Crippen molar-refractivity contribution in [3.05, 3.63) is 65.7 Å². The minimum Gasteiger partial charge on any atom is -0.503 e. The number of aliphatic hydroxyl groups is 1. The summed E-state index contributed by atoms with van der Waals surface area (Å²) in [5.74, 6) is -1.18. The zero-order valence-electron chi connectivity index (χ0n) is 15.5. The Balaban J connectivity index is 2.14. The van der Waals surface area contributed by atoms with E-state index in [1.807, 2.05) is 6.92 Å². The summed E-state index contributed by atoms with van der Waals surface area (Å²) < 4.78 is 5.53. The highest BCUT2D eigenvalue weighted by molar-refractivity contribution is 6.16. The van der Waals surface area contributed by atoms with Crippen molar-refractivity contribution in [2.45, 2.75) is 26.8 Å². The van der Waals surface area contributed by atoms with Crippen LogP contribution in [0.15, 0.2) is 60.0 Å². The molecule has 0 bridgehead atoms. The maximum atomic E-state index is 12.9. The number of ether oxygens (including phenoxy) is 1. The van der Waals surface area contributed by atoms with Crippen LogP contribution in [-0.4, -0.2) is 28.4 Å². The average Bonchev–Trinajstić information content (AvgIpc) is 2.93. The SMILES string of the molecule is CCOc1cccc(N2C(=O)C(O)=C(C(=O)C(C)C)C2c2ccccn2)c1. The molecule has 0 saturated heterocycles. The lowest BCUT2D eigenvalue weighted by molar-refractivity contribution is -0.119. The fraction of sp³-hybridized carbons (Fsp3) is 0.286. The van der Waals surface area contributed by atoms with Gasteiger partial charge in [-0.3, -0.25) is 19.5 Å². The second-order valence-electron chi connectivity index (χ2n) is 6.54. The zero-order chi connectivity index (χ0) is 19.6. The summed E-state index contributed by atoms with van der Waals surface area (Å²) in [6.45, 7) is 5.83. The van der Waals surface area contributed by atoms with Gasteiger partial charge in [0.2, 0.25) is 0 Å². The van der Waals surface area contributed by atoms with E-state index in [0.29, 0.717) is 23.7 Å². The number of nitrogens with zero attached hydrogens (tertiary/aromatic N) is 2. The number of carbonyl (C=O) groups excluding carboxylic acids is 2. The maximum Gasteiger partial charge on any atom is 0.294 e. The predicted molar refractivity (Wildman–Crippen MR) is 102 cm³/mol. The van der Waals surface area contributed by atoms with E-state index in [1.165, 1.54) is 4.90 Å². The van der Waals surface area contributed by atoms with Crippen LogP contribution in [0, 0.1) is 5.92 Å². The second-order valence-corrected chi connectivity index (χ2v) is 6.54. The quantitative estimate of drug-likeness (QED) is 0.845. The van der Waals surface area contributed by atoms with Crippen molar-refractivity contribution in [1.29, 1.82) is 0 Å². The Labute approximate surface area is 158 Å². The van der Waals surface area contributed by atoms with Gasteiger partial charge in [-0.25, -0.2) is 0 Å². The number of aliphatic hydroxyl groups excluding tert-OH is 1. The molecular weight excluding hydrogens is 344 g/mol. The van der Waals surface area contributed by atoms with Crippen molar-refractivity contribution < 1.29 is 19.4 Å². The summed E-state index contributed by atoms with van der Waals surface area (Å²) in [4.78, 5) is 31.4. The highest BCUT2D eigenvalue weighted by Crippen LogP contribution is 2.41. The van der Waals surface area contributed by atoms with Gasteiger partial charge in [0.25, 0.3) is 5.91 Å². The van der Waals surface area contributed by atoms with E-state index in [0.717, 1.165) is 0 Å². The Morgan fingerprint density at radius 3 is 2.67 bits per heavy atom. The number of rotatable bonds is 6. The standard InChI is InChI=1S/C21H22N2O4/c1-4-27-15-9-7-8-14(12-15)23-18(16-10-5-6-11-22-16)17(19(24)13(2)3)20(25)21(23)26/h5-13,18,25H,4H2,1-3H3. The lowest BCUT2D eigenvalue weighted by Crippen LogP contribution is -2.32. The topological polar surface area (TPSA) is 79.7 Å². The number of pyridine rings is 1. The molecule has 140 valence electrons. The van der Waals surface area contributed by atoms with Gasteiger partial charge in [-0.05, 0) is 31.2 Å². The normalized spacial score (nSPS) is 17.0. The monoisotopic (exact) mass is 366 g/mol. The van der Waals surface area contributed by atoms with Crippen LogP contribution in [0.2, 0.25) is 0 Å². The van der Waals surface area contributed by atoms with Crippen molar-refractivity contribution in [3.63, 3.8) is 0 Å². The Morgan fingerprint density at radius 1 is 1.26 bits per heavy atom. The smallest absolute Gasteiger partial charge is 0.294 e. The van der Waals surface area contributed by atoms with Crippen molar-refractivity contribution in [1.82, 2.24) is 4.98 Å². The van der Waals surface area contributed by atoms with Crippen LogP contribution in [0.25, 0.3) is 0 Å². The number of ketones is 1. The molecule has 6 nitrogen and oxygen atoms in total. The molecule has 3 rings (SSSR count). The summed E-state index contributed by atoms with van der Waals surface area (Å²) in [5.41, 5.74) is 1.12. The number of amides is 1. The van der Waals surface area contributed by atoms with Crippen LogP contribution >= 0.6 is 0 Å². The number of hydrogen-bond donors (Lipinski definition) is 1. The molecule has 0 radical (unpaired) electrons. The number of carbonyl (C=O) groups is 2. The molecule has 6 heteroatoms. The summed E-state index contributed by atoms with van der Waals surface area (Å²) >= 11 is 0. The van der Waals surface area contributed by atoms with Gasteiger partial charge >= 0.3 is 0 Å². The van der Waals surface area contributed by atoms with Crippen LogP contribution in [0.1, 0.15) is 32.5 Å². The fourth-order valence-corrected chi connectivity index (χ4v) is 3.14. The lowest BCUT2D eigenvalue weighted by atomic mass is 9.93. The largest absolute Gasteiger partial charge is 0.503 e. The maximum absolute atomic E-state index is 12.9. The van der Waals surface area contributed by atoms with E-state index in [2.05, 4.69) is 4.98 Å². The number of Topliss-reactive ketones (excluding diaryl/α,β-unsaturated/α-hetero) is 1. The number of aromatic nitrogens is 1. The van der Waals surface area contributed by atoms with Crippen LogP contribution in [0.3, 0.4) is 0 Å². The molecule has 2 aromatic rings.